The van der Waals surface area contributed by atoms with E-state index in [1.807, 2.05) is 39.0 Å². The van der Waals surface area contributed by atoms with Crippen LogP contribution in [-0.4, -0.2) is 31.0 Å². The maximum absolute atomic E-state index is 12.6. The lowest BCUT2D eigenvalue weighted by Crippen LogP contribution is -2.48. The number of amides is 1. The molecule has 1 atom stereocenters. The van der Waals surface area contributed by atoms with E-state index in [4.69, 9.17) is 9.16 Å². The van der Waals surface area contributed by atoms with E-state index < -0.39 is 13.9 Å². The third-order valence-electron chi connectivity index (χ3n) is 5.00. The molecule has 24 heavy (non-hydrogen) atoms. The van der Waals surface area contributed by atoms with Crippen LogP contribution in [0.25, 0.3) is 0 Å². The van der Waals surface area contributed by atoms with Crippen LogP contribution in [0.2, 0.25) is 18.1 Å². The number of nitrogens with zero attached hydrogens (tertiary/aromatic N) is 1. The summed E-state index contributed by atoms with van der Waals surface area (Å²) in [6, 6.07) is -0.0636. The van der Waals surface area contributed by atoms with Gasteiger partial charge >= 0.3 is 6.09 Å². The Morgan fingerprint density at radius 2 is 1.88 bits per heavy atom. The molecule has 5 heteroatoms. The van der Waals surface area contributed by atoms with Crippen LogP contribution in [0.5, 0.6) is 0 Å². The molecule has 138 valence electrons. The number of hydrogen-bond donors (Lipinski definition) is 0. The van der Waals surface area contributed by atoms with Gasteiger partial charge in [0.2, 0.25) is 0 Å². The maximum atomic E-state index is 12.6. The molecular weight excluding hydrogens is 318 g/mol. The van der Waals surface area contributed by atoms with E-state index in [-0.39, 0.29) is 23.1 Å². The van der Waals surface area contributed by atoms with Crippen molar-refractivity contribution in [2.75, 3.05) is 0 Å². The summed E-state index contributed by atoms with van der Waals surface area (Å²) in [5.74, 6) is 0.859. The van der Waals surface area contributed by atoms with Crippen LogP contribution < -0.4 is 0 Å². The van der Waals surface area contributed by atoms with Crippen LogP contribution in [0.15, 0.2) is 24.1 Å². The van der Waals surface area contributed by atoms with Crippen molar-refractivity contribution in [3.63, 3.8) is 0 Å². The second-order valence-corrected chi connectivity index (χ2v) is 13.6. The number of carbonyl (C=O) groups is 1. The number of cyclic esters (lactones) is 1. The van der Waals surface area contributed by atoms with Gasteiger partial charge in [0.25, 0.3) is 8.32 Å². The molecule has 0 aromatic rings. The summed E-state index contributed by atoms with van der Waals surface area (Å²) in [4.78, 5) is 14.3. The molecule has 1 aliphatic heterocycles. The molecule has 1 rings (SSSR count). The normalized spacial score (nSPS) is 22.5. The summed E-state index contributed by atoms with van der Waals surface area (Å²) < 4.78 is 12.2. The summed E-state index contributed by atoms with van der Waals surface area (Å²) in [6.45, 7) is 21.1. The highest BCUT2D eigenvalue weighted by Gasteiger charge is 2.52. The number of carbonyl (C=O) groups excluding carboxylic acids is 1. The predicted octanol–water partition coefficient (Wildman–Crippen LogP) is 5.68. The zero-order valence-electron chi connectivity index (χ0n) is 17.1. The maximum Gasteiger partial charge on any atom is 0.417 e. The third kappa shape index (κ3) is 4.24. The summed E-state index contributed by atoms with van der Waals surface area (Å²) in [5.41, 5.74) is -0.545. The first kappa shape index (κ1) is 20.8. The van der Waals surface area contributed by atoms with Crippen LogP contribution in [0.3, 0.4) is 0 Å². The average Bonchev–Trinajstić information content (AvgIpc) is 2.62. The molecule has 1 amide bonds. The Kier molecular flexibility index (Phi) is 6.02. The van der Waals surface area contributed by atoms with Gasteiger partial charge in [-0.15, -0.1) is 0 Å². The van der Waals surface area contributed by atoms with Crippen LogP contribution in [0.4, 0.5) is 4.79 Å². The fourth-order valence-corrected chi connectivity index (χ4v) is 3.84. The second-order valence-electron chi connectivity index (χ2n) is 8.92. The van der Waals surface area contributed by atoms with Crippen molar-refractivity contribution in [2.24, 2.45) is 5.92 Å². The van der Waals surface area contributed by atoms with Crippen molar-refractivity contribution in [2.45, 2.75) is 85.2 Å². The lowest BCUT2D eigenvalue weighted by molar-refractivity contribution is 0.0546. The fourth-order valence-electron chi connectivity index (χ4n) is 2.84. The first-order chi connectivity index (χ1) is 10.7. The Morgan fingerprint density at radius 1 is 1.33 bits per heavy atom. The number of rotatable bonds is 5. The Labute approximate surface area is 149 Å². The molecule has 1 aliphatic rings. The van der Waals surface area contributed by atoms with Crippen LogP contribution in [0, 0.1) is 5.92 Å². The van der Waals surface area contributed by atoms with Crippen molar-refractivity contribution in [1.82, 2.24) is 4.90 Å². The second kappa shape index (κ2) is 6.94. The quantitative estimate of drug-likeness (QED) is 0.362. The molecule has 0 unspecified atom stereocenters. The fraction of sp³-hybridized carbons (Fsp3) is 0.737. The lowest BCUT2D eigenvalue weighted by Gasteiger charge is -2.40. The molecule has 0 radical (unpaired) electrons. The third-order valence-corrected chi connectivity index (χ3v) is 9.34. The summed E-state index contributed by atoms with van der Waals surface area (Å²) >= 11 is 0. The van der Waals surface area contributed by atoms with E-state index in [9.17, 15) is 4.79 Å². The van der Waals surface area contributed by atoms with Crippen LogP contribution >= 0.6 is 0 Å². The molecule has 0 N–H and O–H groups in total. The van der Waals surface area contributed by atoms with Crippen molar-refractivity contribution in [3.05, 3.63) is 24.1 Å². The summed E-state index contributed by atoms with van der Waals surface area (Å²) in [7, 11) is -2.08. The largest absolute Gasteiger partial charge is 0.532 e. The van der Waals surface area contributed by atoms with E-state index in [0.29, 0.717) is 5.88 Å². The van der Waals surface area contributed by atoms with Gasteiger partial charge in [0.05, 0.1) is 6.04 Å². The van der Waals surface area contributed by atoms with Gasteiger partial charge in [-0.25, -0.2) is 9.69 Å². The average molecular weight is 354 g/mol. The van der Waals surface area contributed by atoms with Gasteiger partial charge in [-0.3, -0.25) is 0 Å². The Bertz CT molecular complexity index is 527. The number of ether oxygens (including phenoxy) is 1. The summed E-state index contributed by atoms with van der Waals surface area (Å²) in [5, 5.41) is 0.0501. The smallest absolute Gasteiger partial charge is 0.417 e. The SMILES string of the molecule is C/C=C/C=C(\O[Si](C)(C)C(C)(C)C)N1C(=O)OC(C)(C)[C@H]1C(C)C. The van der Waals surface area contributed by atoms with E-state index in [1.54, 1.807) is 4.90 Å². The van der Waals surface area contributed by atoms with Gasteiger partial charge < -0.3 is 9.16 Å². The van der Waals surface area contributed by atoms with Crippen molar-refractivity contribution >= 4 is 14.4 Å². The Hall–Kier alpha value is -1.23. The van der Waals surface area contributed by atoms with Gasteiger partial charge in [0.1, 0.15) is 5.60 Å². The van der Waals surface area contributed by atoms with Gasteiger partial charge in [0, 0.05) is 0 Å². The zero-order valence-corrected chi connectivity index (χ0v) is 18.1. The highest BCUT2D eigenvalue weighted by molar-refractivity contribution is 6.74. The van der Waals surface area contributed by atoms with Gasteiger partial charge in [-0.2, -0.15) is 0 Å². The Balaban J connectivity index is 3.33. The lowest BCUT2D eigenvalue weighted by atomic mass is 9.89. The highest BCUT2D eigenvalue weighted by Crippen LogP contribution is 2.42. The summed E-state index contributed by atoms with van der Waals surface area (Å²) in [6.07, 6.45) is 5.41. The van der Waals surface area contributed by atoms with Gasteiger partial charge in [-0.05, 0) is 50.9 Å². The molecule has 0 saturated carbocycles. The molecule has 1 saturated heterocycles. The van der Waals surface area contributed by atoms with Gasteiger partial charge in [0.15, 0.2) is 5.88 Å². The molecule has 1 heterocycles. The topological polar surface area (TPSA) is 38.8 Å². The van der Waals surface area contributed by atoms with E-state index in [2.05, 4.69) is 47.7 Å². The van der Waals surface area contributed by atoms with Crippen molar-refractivity contribution in [3.8, 4) is 0 Å². The molecule has 0 bridgehead atoms. The molecule has 4 nitrogen and oxygen atoms in total. The Morgan fingerprint density at radius 3 is 2.29 bits per heavy atom. The number of allylic oxidation sites excluding steroid dienone is 3. The first-order valence-electron chi connectivity index (χ1n) is 8.79. The molecule has 0 aromatic heterocycles. The van der Waals surface area contributed by atoms with Crippen LogP contribution in [0.1, 0.15) is 55.4 Å². The standard InChI is InChI=1S/C19H35NO3Si/c1-11-12-13-15(23-24(9,10)18(4,5)6)20-16(14(2)3)19(7,8)22-17(20)21/h11-14,16H,1-10H3/b12-11+,15-13-/t16-/m1/s1. The zero-order chi connectivity index (χ0) is 18.9. The number of hydrogen-bond acceptors (Lipinski definition) is 3. The van der Waals surface area contributed by atoms with Gasteiger partial charge in [-0.1, -0.05) is 46.8 Å². The monoisotopic (exact) mass is 353 g/mol. The minimum absolute atomic E-state index is 0.0501. The predicted molar refractivity (Wildman–Crippen MR) is 102 cm³/mol. The van der Waals surface area contributed by atoms with E-state index in [1.165, 1.54) is 0 Å². The minimum Gasteiger partial charge on any atom is -0.532 e. The van der Waals surface area contributed by atoms with E-state index in [0.717, 1.165) is 0 Å². The van der Waals surface area contributed by atoms with Crippen molar-refractivity contribution in [1.29, 1.82) is 0 Å². The molecule has 0 spiro atoms. The molecule has 0 aliphatic carbocycles. The molecule has 1 fully saturated rings. The molecule has 0 aromatic carbocycles. The van der Waals surface area contributed by atoms with Crippen LogP contribution in [-0.2, 0) is 9.16 Å². The van der Waals surface area contributed by atoms with Crippen molar-refractivity contribution < 1.29 is 14.0 Å². The molecular formula is C19H35NO3Si. The minimum atomic E-state index is -2.08. The highest BCUT2D eigenvalue weighted by atomic mass is 28.4. The first-order valence-corrected chi connectivity index (χ1v) is 11.7. The van der Waals surface area contributed by atoms with E-state index >= 15 is 0 Å².